The Labute approximate surface area is 138 Å². The van der Waals surface area contributed by atoms with Crippen LogP contribution in [-0.2, 0) is 48.3 Å². The van der Waals surface area contributed by atoms with Crippen LogP contribution in [0.15, 0.2) is 0 Å². The summed E-state index contributed by atoms with van der Waals surface area (Å²) in [7, 11) is 0. The van der Waals surface area contributed by atoms with Crippen LogP contribution in [-0.4, -0.2) is 35.4 Å². The summed E-state index contributed by atoms with van der Waals surface area (Å²) in [5, 5.41) is 0. The van der Waals surface area contributed by atoms with Crippen molar-refractivity contribution in [3.63, 3.8) is 0 Å². The van der Waals surface area contributed by atoms with Crippen LogP contribution >= 0.6 is 0 Å². The summed E-state index contributed by atoms with van der Waals surface area (Å²) >= 11 is 0. The highest BCUT2D eigenvalue weighted by Gasteiger charge is 2.25. The summed E-state index contributed by atoms with van der Waals surface area (Å²) < 4.78 is 0. The predicted molar refractivity (Wildman–Crippen MR) is 75.4 cm³/mol. The third-order valence-electron chi connectivity index (χ3n) is 2.41. The normalized spacial score (nSPS) is 11.6. The van der Waals surface area contributed by atoms with Crippen molar-refractivity contribution in [2.24, 2.45) is 11.8 Å². The van der Waals surface area contributed by atoms with Gasteiger partial charge in [0.2, 0.25) is 0 Å². The lowest BCUT2D eigenvalue weighted by Crippen LogP contribution is -2.26. The van der Waals surface area contributed by atoms with Crippen LogP contribution in [0.4, 0.5) is 0 Å². The standard InChI is InChI=1S/C10H14O6.C4H6O4/c1-5(7(3)11)9(13)15-16-10(14)6(2)8(4)12;1-3(5)7-8-4(2)6/h5-6H,1-4H3;1-2H3. The van der Waals surface area contributed by atoms with Crippen LogP contribution < -0.4 is 0 Å². The number of carbonyl (C=O) groups is 6. The monoisotopic (exact) mass is 348 g/mol. The molecule has 10 nitrogen and oxygen atoms in total. The van der Waals surface area contributed by atoms with Gasteiger partial charge in [-0.15, -0.1) is 0 Å². The maximum absolute atomic E-state index is 11.1. The van der Waals surface area contributed by atoms with Crippen molar-refractivity contribution in [2.75, 3.05) is 0 Å². The Morgan fingerprint density at radius 3 is 0.958 bits per heavy atom. The van der Waals surface area contributed by atoms with Crippen LogP contribution in [0.2, 0.25) is 0 Å². The van der Waals surface area contributed by atoms with Gasteiger partial charge in [0.1, 0.15) is 23.4 Å². The molecule has 0 spiro atoms. The van der Waals surface area contributed by atoms with E-state index in [-0.39, 0.29) is 0 Å². The average molecular weight is 348 g/mol. The quantitative estimate of drug-likeness (QED) is 0.400. The van der Waals surface area contributed by atoms with Crippen LogP contribution in [0.1, 0.15) is 41.5 Å². The molecular weight excluding hydrogens is 328 g/mol. The first kappa shape index (κ1) is 23.5. The number of rotatable bonds is 4. The lowest BCUT2D eigenvalue weighted by Gasteiger charge is -2.08. The topological polar surface area (TPSA) is 139 Å². The fraction of sp³-hybridized carbons (Fsp3) is 0.571. The van der Waals surface area contributed by atoms with Crippen molar-refractivity contribution < 1.29 is 48.3 Å². The molecule has 2 atom stereocenters. The molecule has 0 bridgehead atoms. The fourth-order valence-corrected chi connectivity index (χ4v) is 0.676. The lowest BCUT2D eigenvalue weighted by molar-refractivity contribution is -0.263. The van der Waals surface area contributed by atoms with Gasteiger partial charge < -0.3 is 0 Å². The Balaban J connectivity index is 0. The molecule has 0 aliphatic carbocycles. The average Bonchev–Trinajstić information content (AvgIpc) is 2.48. The molecule has 0 aliphatic heterocycles. The van der Waals surface area contributed by atoms with Gasteiger partial charge in [0.15, 0.2) is 0 Å². The summed E-state index contributed by atoms with van der Waals surface area (Å²) in [6.07, 6.45) is 0. The highest BCUT2D eigenvalue weighted by Crippen LogP contribution is 2.04. The van der Waals surface area contributed by atoms with Crippen molar-refractivity contribution >= 4 is 35.4 Å². The fourth-order valence-electron chi connectivity index (χ4n) is 0.676. The highest BCUT2D eigenvalue weighted by molar-refractivity contribution is 5.98. The largest absolute Gasteiger partial charge is 0.365 e. The Hall–Kier alpha value is -2.78. The molecule has 10 heteroatoms. The van der Waals surface area contributed by atoms with E-state index in [1.807, 2.05) is 0 Å². The van der Waals surface area contributed by atoms with Crippen molar-refractivity contribution in [2.45, 2.75) is 41.5 Å². The molecular formula is C14H20O10. The molecule has 0 fully saturated rings. The highest BCUT2D eigenvalue weighted by atomic mass is 17.2. The number of hydrogen-bond donors (Lipinski definition) is 0. The van der Waals surface area contributed by atoms with E-state index >= 15 is 0 Å². The Morgan fingerprint density at radius 1 is 0.542 bits per heavy atom. The number of carbonyl (C=O) groups excluding carboxylic acids is 6. The zero-order valence-electron chi connectivity index (χ0n) is 14.2. The summed E-state index contributed by atoms with van der Waals surface area (Å²) in [6.45, 7) is 7.36. The molecule has 0 N–H and O–H groups in total. The molecule has 0 aromatic rings. The summed E-state index contributed by atoms with van der Waals surface area (Å²) in [4.78, 5) is 79.3. The van der Waals surface area contributed by atoms with Gasteiger partial charge in [0.25, 0.3) is 0 Å². The van der Waals surface area contributed by atoms with Gasteiger partial charge in [0.05, 0.1) is 0 Å². The molecule has 136 valence electrons. The van der Waals surface area contributed by atoms with E-state index in [0.29, 0.717) is 0 Å². The summed E-state index contributed by atoms with van der Waals surface area (Å²) in [6, 6.07) is 0. The van der Waals surface area contributed by atoms with E-state index in [4.69, 9.17) is 0 Å². The molecule has 0 aromatic heterocycles. The van der Waals surface area contributed by atoms with Crippen molar-refractivity contribution in [3.8, 4) is 0 Å². The number of ketones is 2. The second kappa shape index (κ2) is 11.7. The third-order valence-corrected chi connectivity index (χ3v) is 2.41. The molecule has 0 saturated carbocycles. The number of Topliss-reactive ketones (excluding diaryl/α,β-unsaturated/α-hetero) is 2. The van der Waals surface area contributed by atoms with Gasteiger partial charge in [-0.25, -0.2) is 38.7 Å². The molecule has 0 heterocycles. The Bertz CT molecular complexity index is 462. The molecule has 24 heavy (non-hydrogen) atoms. The predicted octanol–water partition coefficient (Wildman–Crippen LogP) is 0.466. The zero-order chi connectivity index (χ0) is 19.4. The molecule has 0 amide bonds. The second-order valence-electron chi connectivity index (χ2n) is 4.62. The van der Waals surface area contributed by atoms with Crippen molar-refractivity contribution in [3.05, 3.63) is 0 Å². The molecule has 0 aromatic carbocycles. The van der Waals surface area contributed by atoms with E-state index in [9.17, 15) is 28.8 Å². The maximum Gasteiger partial charge on any atom is 0.365 e. The van der Waals surface area contributed by atoms with Crippen LogP contribution in [0.5, 0.6) is 0 Å². The zero-order valence-corrected chi connectivity index (χ0v) is 14.2. The molecule has 0 saturated heterocycles. The van der Waals surface area contributed by atoms with Gasteiger partial charge in [-0.1, -0.05) is 0 Å². The molecule has 0 rings (SSSR count). The minimum absolute atomic E-state index is 0.402. The summed E-state index contributed by atoms with van der Waals surface area (Å²) in [5.41, 5.74) is 0. The van der Waals surface area contributed by atoms with Crippen molar-refractivity contribution in [1.29, 1.82) is 0 Å². The Morgan fingerprint density at radius 2 is 0.792 bits per heavy atom. The first-order valence-corrected chi connectivity index (χ1v) is 6.68. The third kappa shape index (κ3) is 11.8. The van der Waals surface area contributed by atoms with Gasteiger partial charge >= 0.3 is 23.9 Å². The second-order valence-corrected chi connectivity index (χ2v) is 4.62. The van der Waals surface area contributed by atoms with E-state index in [2.05, 4.69) is 19.6 Å². The molecule has 2 unspecified atom stereocenters. The van der Waals surface area contributed by atoms with Gasteiger partial charge in [-0.2, -0.15) is 0 Å². The van der Waals surface area contributed by atoms with Crippen LogP contribution in [0.3, 0.4) is 0 Å². The van der Waals surface area contributed by atoms with Crippen LogP contribution in [0.25, 0.3) is 0 Å². The lowest BCUT2D eigenvalue weighted by atomic mass is 10.1. The number of hydrogen-bond acceptors (Lipinski definition) is 10. The van der Waals surface area contributed by atoms with Gasteiger partial charge in [-0.3, -0.25) is 9.59 Å². The first-order valence-electron chi connectivity index (χ1n) is 6.68. The van der Waals surface area contributed by atoms with Crippen molar-refractivity contribution in [1.82, 2.24) is 0 Å². The molecule has 0 aliphatic rings. The van der Waals surface area contributed by atoms with Gasteiger partial charge in [-0.05, 0) is 27.7 Å². The van der Waals surface area contributed by atoms with E-state index in [1.54, 1.807) is 0 Å². The van der Waals surface area contributed by atoms with E-state index in [1.165, 1.54) is 27.7 Å². The first-order chi connectivity index (χ1) is 10.9. The SMILES string of the molecule is CC(=O)C(C)C(=O)OOC(=O)C(C)C(C)=O.CC(=O)OOC(C)=O. The van der Waals surface area contributed by atoms with E-state index in [0.717, 1.165) is 13.8 Å². The summed E-state index contributed by atoms with van der Waals surface area (Å²) in [5.74, 6) is -6.00. The molecule has 0 radical (unpaired) electrons. The van der Waals surface area contributed by atoms with E-state index < -0.39 is 47.3 Å². The van der Waals surface area contributed by atoms with Crippen LogP contribution in [0, 0.1) is 11.8 Å². The van der Waals surface area contributed by atoms with Gasteiger partial charge in [0, 0.05) is 13.8 Å². The smallest absolute Gasteiger partial charge is 0.299 e. The Kier molecular flexibility index (Phi) is 11.5. The minimum Gasteiger partial charge on any atom is -0.299 e. The minimum atomic E-state index is -1.000. The maximum atomic E-state index is 11.1.